The van der Waals surface area contributed by atoms with Gasteiger partial charge in [0.2, 0.25) is 5.92 Å². The molecule has 3 aromatic heterocycles. The second-order valence-electron chi connectivity index (χ2n) is 8.31. The van der Waals surface area contributed by atoms with E-state index in [1.165, 1.54) is 25.6 Å². The van der Waals surface area contributed by atoms with Gasteiger partial charge in [-0.15, -0.1) is 0 Å². The lowest BCUT2D eigenvalue weighted by molar-refractivity contribution is -0.0384. The lowest BCUT2D eigenvalue weighted by atomic mass is 9.84. The van der Waals surface area contributed by atoms with Crippen LogP contribution in [0, 0.1) is 13.8 Å². The zero-order valence-electron chi connectivity index (χ0n) is 19.1. The van der Waals surface area contributed by atoms with E-state index in [2.05, 4.69) is 25.0 Å². The minimum Gasteiger partial charge on any atom is -0.381 e. The highest BCUT2D eigenvalue weighted by Gasteiger charge is 2.36. The van der Waals surface area contributed by atoms with Gasteiger partial charge in [0.1, 0.15) is 11.8 Å². The molecule has 7 nitrogen and oxygen atoms in total. The number of alkyl halides is 2. The van der Waals surface area contributed by atoms with Crippen LogP contribution in [0.1, 0.15) is 67.9 Å². The molecular weight excluding hydrogens is 414 g/mol. The Hall–Kier alpha value is -2.55. The van der Waals surface area contributed by atoms with E-state index in [1.807, 2.05) is 33.2 Å². The first-order valence-corrected chi connectivity index (χ1v) is 11.2. The van der Waals surface area contributed by atoms with Crippen molar-refractivity contribution in [1.29, 1.82) is 0 Å². The predicted octanol–water partition coefficient (Wildman–Crippen LogP) is 4.94. The number of rotatable bonds is 1. The molecule has 174 valence electrons. The van der Waals surface area contributed by atoms with Crippen molar-refractivity contribution in [3.63, 3.8) is 0 Å². The van der Waals surface area contributed by atoms with Gasteiger partial charge in [-0.3, -0.25) is 4.68 Å². The number of aromatic nitrogens is 6. The number of aryl methyl sites for hydroxylation is 3. The Morgan fingerprint density at radius 1 is 1.00 bits per heavy atom. The van der Waals surface area contributed by atoms with Crippen LogP contribution in [-0.2, 0) is 11.8 Å². The van der Waals surface area contributed by atoms with Gasteiger partial charge >= 0.3 is 0 Å². The van der Waals surface area contributed by atoms with Crippen LogP contribution in [0.4, 0.5) is 8.78 Å². The number of nitrogens with zero attached hydrogens (tertiary/aromatic N) is 6. The van der Waals surface area contributed by atoms with E-state index in [4.69, 9.17) is 4.74 Å². The van der Waals surface area contributed by atoms with Crippen molar-refractivity contribution in [3.8, 4) is 0 Å². The molecule has 0 unspecified atom stereocenters. The van der Waals surface area contributed by atoms with Crippen molar-refractivity contribution in [1.82, 2.24) is 29.7 Å². The van der Waals surface area contributed by atoms with Gasteiger partial charge < -0.3 is 4.74 Å². The molecule has 0 atom stereocenters. The van der Waals surface area contributed by atoms with Crippen LogP contribution in [0.5, 0.6) is 0 Å². The zero-order valence-corrected chi connectivity index (χ0v) is 19.1. The van der Waals surface area contributed by atoms with Crippen molar-refractivity contribution in [2.45, 2.75) is 70.6 Å². The van der Waals surface area contributed by atoms with Crippen LogP contribution in [0.3, 0.4) is 0 Å². The van der Waals surface area contributed by atoms with Crippen LogP contribution in [0.25, 0.3) is 11.2 Å². The summed E-state index contributed by atoms with van der Waals surface area (Å²) in [5, 5.41) is 3.83. The molecule has 3 aromatic rings. The summed E-state index contributed by atoms with van der Waals surface area (Å²) < 4.78 is 33.3. The van der Waals surface area contributed by atoms with Crippen molar-refractivity contribution >= 4 is 11.2 Å². The molecule has 2 aliphatic rings. The molecule has 0 amide bonds. The molecule has 1 aliphatic carbocycles. The molecule has 2 fully saturated rings. The standard InChI is InChI=1S/C14H16F2N4.C5H10O.C4H6N2/c1-8-9(2)20-13-12(19-8)11(17-7-18-13)10-3-5-14(15,16)6-4-10;1-2-4-6-5-3-1;1-6-4-2-3-5-6/h7,10H,3-6H2,1-2H3;1-5H2;2-4H,1H3. The fourth-order valence-electron chi connectivity index (χ4n) is 3.70. The predicted molar refractivity (Wildman–Crippen MR) is 119 cm³/mol. The molecule has 0 N–H and O–H groups in total. The van der Waals surface area contributed by atoms with Crippen molar-refractivity contribution in [2.24, 2.45) is 7.05 Å². The molecule has 1 saturated carbocycles. The van der Waals surface area contributed by atoms with Gasteiger partial charge in [0, 0.05) is 51.4 Å². The van der Waals surface area contributed by atoms with E-state index >= 15 is 0 Å². The minimum absolute atomic E-state index is 0.0246. The first-order chi connectivity index (χ1) is 15.4. The SMILES string of the molecule is C1CCOCC1.Cc1nc2ncnc(C3CCC(F)(F)CC3)c2nc1C.Cn1cccn1. The highest BCUT2D eigenvalue weighted by molar-refractivity contribution is 5.73. The Kier molecular flexibility index (Phi) is 8.55. The summed E-state index contributed by atoms with van der Waals surface area (Å²) in [6.07, 6.45) is 9.73. The molecular formula is C23H32F2N6O. The fourth-order valence-corrected chi connectivity index (χ4v) is 3.70. The average molecular weight is 447 g/mol. The molecule has 1 saturated heterocycles. The molecule has 32 heavy (non-hydrogen) atoms. The summed E-state index contributed by atoms with van der Waals surface area (Å²) >= 11 is 0. The Morgan fingerprint density at radius 3 is 2.19 bits per heavy atom. The second kappa shape index (κ2) is 11.4. The number of fused-ring (bicyclic) bond motifs is 1. The summed E-state index contributed by atoms with van der Waals surface area (Å²) in [5.41, 5.74) is 3.63. The van der Waals surface area contributed by atoms with Crippen LogP contribution in [-0.4, -0.2) is 48.9 Å². The Balaban J connectivity index is 0.000000195. The zero-order chi connectivity index (χ0) is 23.0. The van der Waals surface area contributed by atoms with Crippen molar-refractivity contribution in [2.75, 3.05) is 13.2 Å². The van der Waals surface area contributed by atoms with E-state index in [0.29, 0.717) is 24.0 Å². The average Bonchev–Trinajstić information content (AvgIpc) is 3.27. The summed E-state index contributed by atoms with van der Waals surface area (Å²) in [6, 6.07) is 1.89. The highest BCUT2D eigenvalue weighted by atomic mass is 19.3. The van der Waals surface area contributed by atoms with Crippen molar-refractivity contribution < 1.29 is 13.5 Å². The molecule has 1 aliphatic heterocycles. The maximum atomic E-state index is 13.3. The number of hydrogen-bond donors (Lipinski definition) is 0. The van der Waals surface area contributed by atoms with Gasteiger partial charge in [-0.1, -0.05) is 0 Å². The topological polar surface area (TPSA) is 78.6 Å². The van der Waals surface area contributed by atoms with Crippen LogP contribution in [0.15, 0.2) is 24.8 Å². The van der Waals surface area contributed by atoms with E-state index in [1.54, 1.807) is 10.9 Å². The third-order valence-electron chi connectivity index (χ3n) is 5.73. The maximum absolute atomic E-state index is 13.3. The maximum Gasteiger partial charge on any atom is 0.248 e. The quantitative estimate of drug-likeness (QED) is 0.527. The molecule has 0 spiro atoms. The number of ether oxygens (including phenoxy) is 1. The third-order valence-corrected chi connectivity index (χ3v) is 5.73. The molecule has 4 heterocycles. The third kappa shape index (κ3) is 6.98. The van der Waals surface area contributed by atoms with Crippen LogP contribution in [0.2, 0.25) is 0 Å². The van der Waals surface area contributed by atoms with Gasteiger partial charge in [-0.2, -0.15) is 5.10 Å². The summed E-state index contributed by atoms with van der Waals surface area (Å²) in [4.78, 5) is 17.3. The van der Waals surface area contributed by atoms with Gasteiger partial charge in [-0.05, 0) is 52.0 Å². The monoisotopic (exact) mass is 446 g/mol. The van der Waals surface area contributed by atoms with E-state index in [9.17, 15) is 8.78 Å². The normalized spacial score (nSPS) is 18.3. The molecule has 0 aromatic carbocycles. The first kappa shape index (κ1) is 24.1. The van der Waals surface area contributed by atoms with Crippen LogP contribution < -0.4 is 0 Å². The first-order valence-electron chi connectivity index (χ1n) is 11.2. The second-order valence-corrected chi connectivity index (χ2v) is 8.31. The summed E-state index contributed by atoms with van der Waals surface area (Å²) in [5.74, 6) is -2.51. The lowest BCUT2D eigenvalue weighted by Crippen LogP contribution is -2.24. The Bertz CT molecular complexity index is 955. The van der Waals surface area contributed by atoms with Gasteiger partial charge in [-0.25, -0.2) is 28.7 Å². The Morgan fingerprint density at radius 2 is 1.69 bits per heavy atom. The Labute approximate surface area is 187 Å². The smallest absolute Gasteiger partial charge is 0.248 e. The number of halogens is 2. The molecule has 0 radical (unpaired) electrons. The number of hydrogen-bond acceptors (Lipinski definition) is 6. The van der Waals surface area contributed by atoms with E-state index < -0.39 is 5.92 Å². The van der Waals surface area contributed by atoms with Crippen molar-refractivity contribution in [3.05, 3.63) is 41.9 Å². The lowest BCUT2D eigenvalue weighted by Gasteiger charge is -2.28. The van der Waals surface area contributed by atoms with Gasteiger partial charge in [0.15, 0.2) is 5.65 Å². The molecule has 5 rings (SSSR count). The molecule has 9 heteroatoms. The summed E-state index contributed by atoms with van der Waals surface area (Å²) in [6.45, 7) is 5.76. The summed E-state index contributed by atoms with van der Waals surface area (Å²) in [7, 11) is 1.89. The largest absolute Gasteiger partial charge is 0.381 e. The molecule has 0 bridgehead atoms. The highest BCUT2D eigenvalue weighted by Crippen LogP contribution is 2.41. The minimum atomic E-state index is -2.53. The van der Waals surface area contributed by atoms with Crippen LogP contribution >= 0.6 is 0 Å². The van der Waals surface area contributed by atoms with Gasteiger partial charge in [0.05, 0.1) is 17.1 Å². The van der Waals surface area contributed by atoms with E-state index in [0.717, 1.165) is 30.3 Å². The fraction of sp³-hybridized carbons (Fsp3) is 0.609. The van der Waals surface area contributed by atoms with Gasteiger partial charge in [0.25, 0.3) is 0 Å². The van der Waals surface area contributed by atoms with E-state index in [-0.39, 0.29) is 18.8 Å².